The fourth-order valence-corrected chi connectivity index (χ4v) is 2.65. The van der Waals surface area contributed by atoms with Gasteiger partial charge in [0.1, 0.15) is 5.69 Å². The van der Waals surface area contributed by atoms with Gasteiger partial charge >= 0.3 is 0 Å². The molecule has 0 aromatic heterocycles. The van der Waals surface area contributed by atoms with Gasteiger partial charge in [-0.05, 0) is 12.6 Å². The first kappa shape index (κ1) is 13.4. The van der Waals surface area contributed by atoms with Crippen molar-refractivity contribution in [3.8, 4) is 0 Å². The fourth-order valence-electron chi connectivity index (χ4n) is 1.68. The van der Waals surface area contributed by atoms with Crippen molar-refractivity contribution in [2.24, 2.45) is 0 Å². The van der Waals surface area contributed by atoms with Crippen LogP contribution in [0.4, 0.5) is 5.69 Å². The standard InChI is InChI=1S/C12H12N2O4S/c1-13-19(17,18)12-9(10(15)11(12)16)14-7-8-5-3-2-4-6-8/h2-6,13-14H,7H2,1H3. The summed E-state index contributed by atoms with van der Waals surface area (Å²) in [6, 6.07) is 9.14. The zero-order chi connectivity index (χ0) is 14.0. The van der Waals surface area contributed by atoms with Crippen LogP contribution < -0.4 is 20.9 Å². The molecule has 19 heavy (non-hydrogen) atoms. The van der Waals surface area contributed by atoms with E-state index in [4.69, 9.17) is 0 Å². The normalized spacial score (nSPS) is 11.6. The molecule has 100 valence electrons. The van der Waals surface area contributed by atoms with Crippen LogP contribution >= 0.6 is 0 Å². The van der Waals surface area contributed by atoms with Crippen LogP contribution in [0.1, 0.15) is 5.56 Å². The van der Waals surface area contributed by atoms with Gasteiger partial charge in [0.05, 0.1) is 0 Å². The molecule has 2 aromatic rings. The molecular formula is C12H12N2O4S. The Morgan fingerprint density at radius 3 is 2.26 bits per heavy atom. The lowest BCUT2D eigenvalue weighted by molar-refractivity contribution is 0.586. The first-order valence-corrected chi connectivity index (χ1v) is 7.00. The molecule has 2 rings (SSSR count). The van der Waals surface area contributed by atoms with E-state index in [0.29, 0.717) is 0 Å². The van der Waals surface area contributed by atoms with Crippen LogP contribution in [-0.4, -0.2) is 15.5 Å². The molecule has 0 atom stereocenters. The second kappa shape index (κ2) is 4.94. The monoisotopic (exact) mass is 280 g/mol. The molecule has 0 heterocycles. The van der Waals surface area contributed by atoms with E-state index < -0.39 is 25.8 Å². The average Bonchev–Trinajstić information content (AvgIpc) is 2.43. The fraction of sp³-hybridized carbons (Fsp3) is 0.167. The van der Waals surface area contributed by atoms with Crippen LogP contribution in [0.2, 0.25) is 0 Å². The van der Waals surface area contributed by atoms with Gasteiger partial charge in [-0.25, -0.2) is 13.1 Å². The van der Waals surface area contributed by atoms with Crippen LogP contribution in [-0.2, 0) is 16.6 Å². The summed E-state index contributed by atoms with van der Waals surface area (Å²) in [6.45, 7) is 0.276. The number of anilines is 1. The zero-order valence-corrected chi connectivity index (χ0v) is 11.0. The first-order valence-electron chi connectivity index (χ1n) is 5.52. The molecule has 0 aliphatic carbocycles. The molecule has 0 bridgehead atoms. The van der Waals surface area contributed by atoms with Crippen LogP contribution in [0.3, 0.4) is 0 Å². The minimum Gasteiger partial charge on any atom is -0.376 e. The molecule has 0 spiro atoms. The summed E-state index contributed by atoms with van der Waals surface area (Å²) in [7, 11) is -2.71. The molecule has 0 amide bonds. The van der Waals surface area contributed by atoms with E-state index in [0.717, 1.165) is 5.56 Å². The van der Waals surface area contributed by atoms with Gasteiger partial charge in [0.25, 0.3) is 5.43 Å². The van der Waals surface area contributed by atoms with Crippen LogP contribution in [0.5, 0.6) is 0 Å². The summed E-state index contributed by atoms with van der Waals surface area (Å²) < 4.78 is 25.2. The van der Waals surface area contributed by atoms with Gasteiger partial charge in [0.2, 0.25) is 15.5 Å². The Morgan fingerprint density at radius 1 is 1.05 bits per heavy atom. The van der Waals surface area contributed by atoms with Gasteiger partial charge in [0.15, 0.2) is 4.90 Å². The Hall–Kier alpha value is -1.99. The number of sulfonamides is 1. The maximum absolute atomic E-state index is 11.6. The van der Waals surface area contributed by atoms with Crippen LogP contribution in [0.15, 0.2) is 44.8 Å². The van der Waals surface area contributed by atoms with E-state index >= 15 is 0 Å². The third-order valence-electron chi connectivity index (χ3n) is 2.72. The number of nitrogens with one attached hydrogen (secondary N) is 2. The highest BCUT2D eigenvalue weighted by Gasteiger charge is 2.30. The molecule has 0 saturated heterocycles. The number of benzene rings is 1. The molecule has 0 saturated carbocycles. The molecular weight excluding hydrogens is 268 g/mol. The number of hydrogen-bond acceptors (Lipinski definition) is 5. The molecule has 2 aromatic carbocycles. The molecule has 6 nitrogen and oxygen atoms in total. The summed E-state index contributed by atoms with van der Waals surface area (Å²) in [5.41, 5.74) is -1.05. The Morgan fingerprint density at radius 2 is 1.68 bits per heavy atom. The van der Waals surface area contributed by atoms with Crippen molar-refractivity contribution < 1.29 is 8.42 Å². The summed E-state index contributed by atoms with van der Waals surface area (Å²) >= 11 is 0. The first-order chi connectivity index (χ1) is 8.97. The summed E-state index contributed by atoms with van der Waals surface area (Å²) in [5.74, 6) is 0. The van der Waals surface area contributed by atoms with Crippen molar-refractivity contribution in [1.29, 1.82) is 0 Å². The Labute approximate surface area is 109 Å². The van der Waals surface area contributed by atoms with Gasteiger partial charge in [-0.1, -0.05) is 30.3 Å². The van der Waals surface area contributed by atoms with Crippen molar-refractivity contribution >= 4 is 15.7 Å². The van der Waals surface area contributed by atoms with Gasteiger partial charge in [-0.15, -0.1) is 0 Å². The Bertz CT molecular complexity index is 759. The summed E-state index contributed by atoms with van der Waals surface area (Å²) in [5, 5.41) is 2.70. The minimum atomic E-state index is -3.90. The maximum Gasteiger partial charge on any atom is 0.251 e. The van der Waals surface area contributed by atoms with Gasteiger partial charge in [-0.3, -0.25) is 9.59 Å². The van der Waals surface area contributed by atoms with Gasteiger partial charge < -0.3 is 5.32 Å². The molecule has 0 fully saturated rings. The number of hydrogen-bond donors (Lipinski definition) is 2. The lowest BCUT2D eigenvalue weighted by Gasteiger charge is -2.12. The smallest absolute Gasteiger partial charge is 0.251 e. The summed E-state index contributed by atoms with van der Waals surface area (Å²) in [6.07, 6.45) is 0. The highest BCUT2D eigenvalue weighted by molar-refractivity contribution is 7.89. The third-order valence-corrected chi connectivity index (χ3v) is 4.18. The van der Waals surface area contributed by atoms with Crippen molar-refractivity contribution in [1.82, 2.24) is 4.72 Å². The van der Waals surface area contributed by atoms with Gasteiger partial charge in [-0.2, -0.15) is 0 Å². The Kier molecular flexibility index (Phi) is 3.50. The van der Waals surface area contributed by atoms with Gasteiger partial charge in [0, 0.05) is 6.54 Å². The van der Waals surface area contributed by atoms with Crippen molar-refractivity contribution in [3.63, 3.8) is 0 Å². The summed E-state index contributed by atoms with van der Waals surface area (Å²) in [4.78, 5) is 22.2. The van der Waals surface area contributed by atoms with E-state index in [9.17, 15) is 18.0 Å². The van der Waals surface area contributed by atoms with E-state index in [1.165, 1.54) is 7.05 Å². The van der Waals surface area contributed by atoms with E-state index in [1.54, 1.807) is 0 Å². The third kappa shape index (κ3) is 2.42. The second-order valence-electron chi connectivity index (χ2n) is 3.91. The molecule has 0 aliphatic heterocycles. The highest BCUT2D eigenvalue weighted by Crippen LogP contribution is 2.15. The molecule has 0 aliphatic rings. The molecule has 0 radical (unpaired) electrons. The largest absolute Gasteiger partial charge is 0.376 e. The van der Waals surface area contributed by atoms with Crippen LogP contribution in [0, 0.1) is 0 Å². The lowest BCUT2D eigenvalue weighted by Crippen LogP contribution is -2.42. The average molecular weight is 280 g/mol. The van der Waals surface area contributed by atoms with Crippen molar-refractivity contribution in [3.05, 3.63) is 56.3 Å². The number of rotatable bonds is 5. The topological polar surface area (TPSA) is 92.3 Å². The predicted molar refractivity (Wildman–Crippen MR) is 71.4 cm³/mol. The zero-order valence-electron chi connectivity index (χ0n) is 10.1. The van der Waals surface area contributed by atoms with Crippen LogP contribution in [0.25, 0.3) is 0 Å². The van der Waals surface area contributed by atoms with Crippen molar-refractivity contribution in [2.45, 2.75) is 11.4 Å². The Balaban J connectivity index is 2.26. The van der Waals surface area contributed by atoms with E-state index in [2.05, 4.69) is 5.32 Å². The SMILES string of the molecule is CNS(=O)(=O)c1c(NCc2ccccc2)c(=O)c1=O. The molecule has 2 N–H and O–H groups in total. The molecule has 0 unspecified atom stereocenters. The minimum absolute atomic E-state index is 0.150. The van der Waals surface area contributed by atoms with E-state index in [-0.39, 0.29) is 12.2 Å². The lowest BCUT2D eigenvalue weighted by atomic mass is 10.2. The molecule has 7 heteroatoms. The second-order valence-corrected chi connectivity index (χ2v) is 5.73. The van der Waals surface area contributed by atoms with Crippen molar-refractivity contribution in [2.75, 3.05) is 12.4 Å². The van der Waals surface area contributed by atoms with E-state index in [1.807, 2.05) is 35.1 Å². The predicted octanol–water partition coefficient (Wildman–Crippen LogP) is -0.197. The highest BCUT2D eigenvalue weighted by atomic mass is 32.2. The quantitative estimate of drug-likeness (QED) is 0.740. The maximum atomic E-state index is 11.6.